The van der Waals surface area contributed by atoms with Crippen LogP contribution in [0, 0.1) is 0 Å². The molecule has 1 aliphatic heterocycles. The lowest BCUT2D eigenvalue weighted by atomic mass is 10.0. The highest BCUT2D eigenvalue weighted by atomic mass is 32.2. The van der Waals surface area contributed by atoms with Crippen molar-refractivity contribution in [3.05, 3.63) is 65.2 Å². The maximum Gasteiger partial charge on any atom is 0.252 e. The maximum absolute atomic E-state index is 12.8. The molecule has 1 saturated heterocycles. The van der Waals surface area contributed by atoms with Gasteiger partial charge in [0, 0.05) is 19.1 Å². The summed E-state index contributed by atoms with van der Waals surface area (Å²) in [7, 11) is -3.46. The number of carbonyl (C=O) groups excluding carboxylic acids is 1. The zero-order valence-corrected chi connectivity index (χ0v) is 18.0. The first kappa shape index (κ1) is 21.5. The number of benzene rings is 2. The molecular weight excluding hydrogens is 384 g/mol. The predicted molar refractivity (Wildman–Crippen MR) is 116 cm³/mol. The molecule has 0 radical (unpaired) electrons. The van der Waals surface area contributed by atoms with E-state index in [0.717, 1.165) is 18.7 Å². The number of hydrogen-bond donors (Lipinski definition) is 1. The van der Waals surface area contributed by atoms with Gasteiger partial charge in [0.1, 0.15) is 0 Å². The molecule has 1 heterocycles. The predicted octanol–water partition coefficient (Wildman–Crippen LogP) is 3.78. The first-order valence-electron chi connectivity index (χ1n) is 10.3. The molecule has 0 unspecified atom stereocenters. The molecule has 1 aliphatic rings. The van der Waals surface area contributed by atoms with Crippen molar-refractivity contribution in [2.75, 3.05) is 12.3 Å². The van der Waals surface area contributed by atoms with Crippen molar-refractivity contribution in [3.63, 3.8) is 0 Å². The summed E-state index contributed by atoms with van der Waals surface area (Å²) in [4.78, 5) is 15.4. The van der Waals surface area contributed by atoms with E-state index in [2.05, 4.69) is 23.2 Å². The van der Waals surface area contributed by atoms with Crippen LogP contribution < -0.4 is 5.32 Å². The van der Waals surface area contributed by atoms with Gasteiger partial charge in [-0.05, 0) is 49.6 Å². The molecule has 1 amide bonds. The Morgan fingerprint density at radius 2 is 1.76 bits per heavy atom. The van der Waals surface area contributed by atoms with Crippen LogP contribution in [0.2, 0.25) is 0 Å². The molecule has 1 fully saturated rings. The van der Waals surface area contributed by atoms with Gasteiger partial charge in [-0.2, -0.15) is 0 Å². The molecule has 156 valence electrons. The molecule has 2 aromatic carbocycles. The summed E-state index contributed by atoms with van der Waals surface area (Å²) in [5, 5.41) is 2.92. The number of nitrogens with one attached hydrogen (secondary N) is 1. The van der Waals surface area contributed by atoms with E-state index in [1.54, 1.807) is 25.1 Å². The minimum atomic E-state index is -3.46. The van der Waals surface area contributed by atoms with E-state index in [1.807, 2.05) is 18.2 Å². The molecule has 6 heteroatoms. The highest BCUT2D eigenvalue weighted by Gasteiger charge is 2.21. The van der Waals surface area contributed by atoms with Crippen molar-refractivity contribution in [2.45, 2.75) is 57.1 Å². The van der Waals surface area contributed by atoms with Gasteiger partial charge in [0.2, 0.25) is 0 Å². The Balaban J connectivity index is 1.74. The van der Waals surface area contributed by atoms with Gasteiger partial charge in [-0.15, -0.1) is 0 Å². The minimum absolute atomic E-state index is 0.0336. The van der Waals surface area contributed by atoms with Gasteiger partial charge in [-0.25, -0.2) is 8.42 Å². The summed E-state index contributed by atoms with van der Waals surface area (Å²) in [5.74, 6) is -0.396. The smallest absolute Gasteiger partial charge is 0.252 e. The maximum atomic E-state index is 12.8. The van der Waals surface area contributed by atoms with Crippen molar-refractivity contribution >= 4 is 15.7 Å². The third-order valence-corrected chi connectivity index (χ3v) is 7.50. The minimum Gasteiger partial charge on any atom is -0.348 e. The molecule has 5 nitrogen and oxygen atoms in total. The number of amides is 1. The van der Waals surface area contributed by atoms with Crippen LogP contribution in [0.1, 0.15) is 54.6 Å². The molecule has 29 heavy (non-hydrogen) atoms. The fraction of sp³-hybridized carbons (Fsp3) is 0.435. The lowest BCUT2D eigenvalue weighted by molar-refractivity contribution is 0.0947. The second-order valence-electron chi connectivity index (χ2n) is 7.67. The molecule has 1 N–H and O–H groups in total. The van der Waals surface area contributed by atoms with Gasteiger partial charge in [-0.1, -0.05) is 49.7 Å². The van der Waals surface area contributed by atoms with Crippen LogP contribution >= 0.6 is 0 Å². The Labute approximate surface area is 174 Å². The summed E-state index contributed by atoms with van der Waals surface area (Å²) >= 11 is 0. The largest absolute Gasteiger partial charge is 0.348 e. The monoisotopic (exact) mass is 414 g/mol. The van der Waals surface area contributed by atoms with Gasteiger partial charge >= 0.3 is 0 Å². The third kappa shape index (κ3) is 5.25. The van der Waals surface area contributed by atoms with E-state index < -0.39 is 9.84 Å². The van der Waals surface area contributed by atoms with Crippen LogP contribution in [-0.2, 0) is 22.9 Å². The number of hydrogen-bond acceptors (Lipinski definition) is 4. The molecule has 0 spiro atoms. The van der Waals surface area contributed by atoms with Crippen molar-refractivity contribution in [3.8, 4) is 0 Å². The number of carbonyl (C=O) groups is 1. The number of likely N-dealkylation sites (tertiary alicyclic amines) is 1. The lowest BCUT2D eigenvalue weighted by Gasteiger charge is -2.33. The second-order valence-corrected chi connectivity index (χ2v) is 9.91. The van der Waals surface area contributed by atoms with Crippen molar-refractivity contribution in [1.82, 2.24) is 10.2 Å². The van der Waals surface area contributed by atoms with Crippen LogP contribution in [0.3, 0.4) is 0 Å². The molecule has 3 rings (SSSR count). The zero-order valence-electron chi connectivity index (χ0n) is 17.2. The van der Waals surface area contributed by atoms with Gasteiger partial charge in [0.05, 0.1) is 16.2 Å². The summed E-state index contributed by atoms with van der Waals surface area (Å²) in [6, 6.07) is 15.1. The number of piperidine rings is 1. The number of nitrogens with zero attached hydrogens (tertiary/aromatic N) is 1. The van der Waals surface area contributed by atoms with Gasteiger partial charge in [0.25, 0.3) is 5.91 Å². The highest BCUT2D eigenvalue weighted by Crippen LogP contribution is 2.21. The van der Waals surface area contributed by atoms with E-state index in [4.69, 9.17) is 0 Å². The van der Waals surface area contributed by atoms with E-state index in [1.165, 1.54) is 30.9 Å². The van der Waals surface area contributed by atoms with Crippen molar-refractivity contribution < 1.29 is 13.2 Å². The summed E-state index contributed by atoms with van der Waals surface area (Å²) in [6.07, 6.45) is 3.74. The van der Waals surface area contributed by atoms with Gasteiger partial charge < -0.3 is 5.32 Å². The van der Waals surface area contributed by atoms with Gasteiger partial charge in [-0.3, -0.25) is 9.69 Å². The fourth-order valence-corrected chi connectivity index (χ4v) is 4.94. The van der Waals surface area contributed by atoms with E-state index in [9.17, 15) is 13.2 Å². The van der Waals surface area contributed by atoms with Gasteiger partial charge in [0.15, 0.2) is 9.84 Å². The molecular formula is C23H30N2O3S. The molecule has 0 aliphatic carbocycles. The first-order valence-corrected chi connectivity index (χ1v) is 12.0. The normalized spacial score (nSPS) is 17.8. The van der Waals surface area contributed by atoms with Crippen LogP contribution in [0.25, 0.3) is 0 Å². The Morgan fingerprint density at radius 1 is 1.07 bits per heavy atom. The Kier molecular flexibility index (Phi) is 7.09. The fourth-order valence-electron chi connectivity index (χ4n) is 3.85. The van der Waals surface area contributed by atoms with Crippen LogP contribution in [0.5, 0.6) is 0 Å². The highest BCUT2D eigenvalue weighted by molar-refractivity contribution is 7.91. The average molecular weight is 415 g/mol. The zero-order chi connectivity index (χ0) is 20.9. The molecule has 2 aromatic rings. The van der Waals surface area contributed by atoms with E-state index in [-0.39, 0.29) is 22.1 Å². The van der Waals surface area contributed by atoms with Crippen molar-refractivity contribution in [1.29, 1.82) is 0 Å². The molecule has 0 saturated carbocycles. The van der Waals surface area contributed by atoms with Crippen LogP contribution in [0.15, 0.2) is 53.4 Å². The second kappa shape index (κ2) is 9.55. The van der Waals surface area contributed by atoms with E-state index in [0.29, 0.717) is 12.6 Å². The Hall–Kier alpha value is -2.18. The summed E-state index contributed by atoms with van der Waals surface area (Å²) in [5.41, 5.74) is 2.47. The Morgan fingerprint density at radius 3 is 2.48 bits per heavy atom. The SMILES string of the molecule is CCS(=O)(=O)c1ccccc1C(=O)NCc1ccccc1CN1CCCC[C@H]1C. The van der Waals surface area contributed by atoms with Crippen LogP contribution in [0.4, 0.5) is 0 Å². The first-order chi connectivity index (χ1) is 13.9. The number of rotatable bonds is 7. The topological polar surface area (TPSA) is 66.5 Å². The standard InChI is InChI=1S/C23H30N2O3S/c1-3-29(27,28)22-14-7-6-13-21(22)23(26)24-16-19-11-4-5-12-20(19)17-25-15-9-8-10-18(25)2/h4-7,11-14,18H,3,8-10,15-17H2,1-2H3,(H,24,26)/t18-/m1/s1. The molecule has 1 atom stereocenters. The third-order valence-electron chi connectivity index (χ3n) is 5.72. The quantitative estimate of drug-likeness (QED) is 0.749. The summed E-state index contributed by atoms with van der Waals surface area (Å²) in [6.45, 7) is 6.20. The lowest BCUT2D eigenvalue weighted by Crippen LogP contribution is -2.37. The average Bonchev–Trinajstić information content (AvgIpc) is 2.74. The summed E-state index contributed by atoms with van der Waals surface area (Å²) < 4.78 is 24.6. The molecule has 0 aromatic heterocycles. The Bertz CT molecular complexity index is 956. The van der Waals surface area contributed by atoms with Crippen LogP contribution in [-0.4, -0.2) is 37.6 Å². The molecule has 0 bridgehead atoms. The van der Waals surface area contributed by atoms with E-state index >= 15 is 0 Å². The van der Waals surface area contributed by atoms with Crippen molar-refractivity contribution in [2.24, 2.45) is 0 Å². The number of sulfone groups is 1.